The SMILES string of the molecule is CCOc1cc(C2NC(=O)NC(c3ccccc3)=C2C(=O)OC(C)C)cc(Cl)c1O. The van der Waals surface area contributed by atoms with E-state index in [1.54, 1.807) is 39.0 Å². The largest absolute Gasteiger partial charge is 0.503 e. The van der Waals surface area contributed by atoms with E-state index in [-0.39, 0.29) is 28.2 Å². The molecule has 0 aromatic heterocycles. The minimum Gasteiger partial charge on any atom is -0.503 e. The molecule has 2 aromatic carbocycles. The molecule has 2 aromatic rings. The monoisotopic (exact) mass is 430 g/mol. The van der Waals surface area contributed by atoms with Gasteiger partial charge in [-0.3, -0.25) is 0 Å². The summed E-state index contributed by atoms with van der Waals surface area (Å²) in [6.07, 6.45) is -0.359. The normalized spacial score (nSPS) is 16.2. The molecule has 1 atom stereocenters. The molecule has 0 fully saturated rings. The molecule has 0 aliphatic carbocycles. The minimum atomic E-state index is -0.863. The zero-order valence-corrected chi connectivity index (χ0v) is 17.6. The summed E-state index contributed by atoms with van der Waals surface area (Å²) in [4.78, 5) is 25.5. The average molecular weight is 431 g/mol. The lowest BCUT2D eigenvalue weighted by atomic mass is 9.92. The third kappa shape index (κ3) is 4.52. The number of aromatic hydroxyl groups is 1. The number of esters is 1. The Hall–Kier alpha value is -3.19. The summed E-state index contributed by atoms with van der Waals surface area (Å²) in [6, 6.07) is 10.7. The van der Waals surface area contributed by atoms with Crippen molar-refractivity contribution in [2.45, 2.75) is 32.9 Å². The first-order valence-corrected chi connectivity index (χ1v) is 9.92. The molecular formula is C22H23ClN2O5. The molecule has 1 unspecified atom stereocenters. The fourth-order valence-electron chi connectivity index (χ4n) is 3.17. The molecule has 1 heterocycles. The third-order valence-corrected chi connectivity index (χ3v) is 4.67. The number of nitrogens with one attached hydrogen (secondary N) is 2. The number of carbonyl (C=O) groups is 2. The molecule has 1 aliphatic heterocycles. The highest BCUT2D eigenvalue weighted by atomic mass is 35.5. The second kappa shape index (κ2) is 9.09. The number of benzene rings is 2. The topological polar surface area (TPSA) is 96.9 Å². The Labute approximate surface area is 179 Å². The molecule has 0 saturated heterocycles. The lowest BCUT2D eigenvalue weighted by Crippen LogP contribution is -2.45. The number of amides is 2. The van der Waals surface area contributed by atoms with Crippen LogP contribution in [0.2, 0.25) is 5.02 Å². The number of halogens is 1. The van der Waals surface area contributed by atoms with Crippen LogP contribution in [0.3, 0.4) is 0 Å². The number of rotatable bonds is 6. The number of phenols is 1. The van der Waals surface area contributed by atoms with Crippen LogP contribution in [0.1, 0.15) is 37.9 Å². The van der Waals surface area contributed by atoms with Crippen molar-refractivity contribution >= 4 is 29.3 Å². The van der Waals surface area contributed by atoms with Gasteiger partial charge >= 0.3 is 12.0 Å². The molecule has 1 aliphatic rings. The Morgan fingerprint density at radius 3 is 2.57 bits per heavy atom. The summed E-state index contributed by atoms with van der Waals surface area (Å²) in [7, 11) is 0. The van der Waals surface area contributed by atoms with Gasteiger partial charge in [-0.1, -0.05) is 41.9 Å². The number of hydrogen-bond acceptors (Lipinski definition) is 5. The quantitative estimate of drug-likeness (QED) is 0.598. The van der Waals surface area contributed by atoms with Crippen LogP contribution >= 0.6 is 11.6 Å². The molecule has 3 N–H and O–H groups in total. The van der Waals surface area contributed by atoms with E-state index in [4.69, 9.17) is 21.1 Å². The molecule has 158 valence electrons. The summed E-state index contributed by atoms with van der Waals surface area (Å²) >= 11 is 6.18. The van der Waals surface area contributed by atoms with Crippen molar-refractivity contribution in [2.24, 2.45) is 0 Å². The van der Waals surface area contributed by atoms with Gasteiger partial charge in [0, 0.05) is 0 Å². The molecule has 3 rings (SSSR count). The van der Waals surface area contributed by atoms with E-state index in [0.29, 0.717) is 23.4 Å². The summed E-state index contributed by atoms with van der Waals surface area (Å²) in [5.41, 5.74) is 1.69. The van der Waals surface area contributed by atoms with Crippen molar-refractivity contribution in [3.63, 3.8) is 0 Å². The highest BCUT2D eigenvalue weighted by Crippen LogP contribution is 2.40. The number of ether oxygens (including phenoxy) is 2. The predicted octanol–water partition coefficient (Wildman–Crippen LogP) is 4.16. The Balaban J connectivity index is 2.21. The van der Waals surface area contributed by atoms with Crippen LogP contribution in [0, 0.1) is 0 Å². The van der Waals surface area contributed by atoms with Gasteiger partial charge in [-0.2, -0.15) is 0 Å². The maximum absolute atomic E-state index is 13.1. The smallest absolute Gasteiger partial charge is 0.338 e. The average Bonchev–Trinajstić information content (AvgIpc) is 2.70. The number of phenolic OH excluding ortho intramolecular Hbond substituents is 1. The van der Waals surface area contributed by atoms with Crippen molar-refractivity contribution in [2.75, 3.05) is 6.61 Å². The molecule has 7 nitrogen and oxygen atoms in total. The van der Waals surface area contributed by atoms with Crippen LogP contribution in [0.15, 0.2) is 48.0 Å². The van der Waals surface area contributed by atoms with Crippen molar-refractivity contribution < 1.29 is 24.2 Å². The van der Waals surface area contributed by atoms with Crippen molar-refractivity contribution in [3.05, 3.63) is 64.2 Å². The van der Waals surface area contributed by atoms with Gasteiger partial charge in [0.1, 0.15) is 0 Å². The van der Waals surface area contributed by atoms with E-state index in [2.05, 4.69) is 10.6 Å². The van der Waals surface area contributed by atoms with Crippen LogP contribution in [-0.4, -0.2) is 29.8 Å². The van der Waals surface area contributed by atoms with Crippen molar-refractivity contribution in [1.82, 2.24) is 10.6 Å². The fourth-order valence-corrected chi connectivity index (χ4v) is 3.39. The van der Waals surface area contributed by atoms with Gasteiger partial charge in [-0.15, -0.1) is 0 Å². The first-order valence-electron chi connectivity index (χ1n) is 9.55. The maximum Gasteiger partial charge on any atom is 0.338 e. The van der Waals surface area contributed by atoms with Gasteiger partial charge in [0.05, 0.1) is 35.0 Å². The summed E-state index contributed by atoms with van der Waals surface area (Å²) in [5.74, 6) is -0.629. The Morgan fingerprint density at radius 2 is 1.93 bits per heavy atom. The lowest BCUT2D eigenvalue weighted by Gasteiger charge is -2.30. The van der Waals surface area contributed by atoms with Gasteiger partial charge in [0.25, 0.3) is 0 Å². The fraction of sp³-hybridized carbons (Fsp3) is 0.273. The molecule has 0 radical (unpaired) electrons. The predicted molar refractivity (Wildman–Crippen MR) is 113 cm³/mol. The number of carbonyl (C=O) groups excluding carboxylic acids is 2. The van der Waals surface area contributed by atoms with Crippen LogP contribution in [0.5, 0.6) is 11.5 Å². The number of hydrogen-bond donors (Lipinski definition) is 3. The zero-order valence-electron chi connectivity index (χ0n) is 16.9. The molecule has 0 saturated carbocycles. The van der Waals surface area contributed by atoms with Crippen molar-refractivity contribution in [1.29, 1.82) is 0 Å². The standard InChI is InChI=1S/C22H23ClN2O5/c1-4-29-16-11-14(10-15(23)20(16)26)19-17(21(27)30-12(2)3)18(24-22(28)25-19)13-8-6-5-7-9-13/h5-12,19,26H,4H2,1-3H3,(H2,24,25,28). The maximum atomic E-state index is 13.1. The number of urea groups is 1. The van der Waals surface area contributed by atoms with E-state index in [9.17, 15) is 14.7 Å². The molecule has 0 spiro atoms. The Kier molecular flexibility index (Phi) is 6.52. The Bertz CT molecular complexity index is 989. The summed E-state index contributed by atoms with van der Waals surface area (Å²) in [5, 5.41) is 15.7. The van der Waals surface area contributed by atoms with Crippen LogP contribution in [0.25, 0.3) is 5.70 Å². The van der Waals surface area contributed by atoms with Crippen LogP contribution in [-0.2, 0) is 9.53 Å². The lowest BCUT2D eigenvalue weighted by molar-refractivity contribution is -0.143. The molecule has 8 heteroatoms. The second-order valence-electron chi connectivity index (χ2n) is 6.92. The molecule has 0 bridgehead atoms. The second-order valence-corrected chi connectivity index (χ2v) is 7.33. The summed E-state index contributed by atoms with van der Waals surface area (Å²) < 4.78 is 10.9. The van der Waals surface area contributed by atoms with Crippen molar-refractivity contribution in [3.8, 4) is 11.5 Å². The summed E-state index contributed by atoms with van der Waals surface area (Å²) in [6.45, 7) is 5.56. The molecular weight excluding hydrogens is 408 g/mol. The van der Waals surface area contributed by atoms with Gasteiger partial charge in [0.15, 0.2) is 11.5 Å². The zero-order chi connectivity index (χ0) is 21.8. The Morgan fingerprint density at radius 1 is 1.23 bits per heavy atom. The van der Waals surface area contributed by atoms with Crippen LogP contribution in [0.4, 0.5) is 4.79 Å². The van der Waals surface area contributed by atoms with E-state index in [0.717, 1.165) is 0 Å². The van der Waals surface area contributed by atoms with Gasteiger partial charge < -0.3 is 25.2 Å². The van der Waals surface area contributed by atoms with Gasteiger partial charge in [0.2, 0.25) is 0 Å². The highest BCUT2D eigenvalue weighted by molar-refractivity contribution is 6.32. The van der Waals surface area contributed by atoms with E-state index in [1.165, 1.54) is 6.07 Å². The first-order chi connectivity index (χ1) is 14.3. The van der Waals surface area contributed by atoms with E-state index >= 15 is 0 Å². The van der Waals surface area contributed by atoms with Gasteiger partial charge in [-0.25, -0.2) is 9.59 Å². The molecule has 2 amide bonds. The minimum absolute atomic E-state index is 0.0431. The molecule has 30 heavy (non-hydrogen) atoms. The van der Waals surface area contributed by atoms with E-state index < -0.39 is 18.0 Å². The first kappa shape index (κ1) is 21.5. The third-order valence-electron chi connectivity index (χ3n) is 4.38. The van der Waals surface area contributed by atoms with Gasteiger partial charge in [-0.05, 0) is 44.0 Å². The highest BCUT2D eigenvalue weighted by Gasteiger charge is 2.35. The van der Waals surface area contributed by atoms with Crippen LogP contribution < -0.4 is 15.4 Å². The van der Waals surface area contributed by atoms with E-state index in [1.807, 2.05) is 18.2 Å².